The maximum atomic E-state index is 12.7. The smallest absolute Gasteiger partial charge is 0.243 e. The van der Waals surface area contributed by atoms with E-state index in [2.05, 4.69) is 5.32 Å². The van der Waals surface area contributed by atoms with Gasteiger partial charge in [0.05, 0.1) is 5.54 Å². The first-order valence-electron chi connectivity index (χ1n) is 6.67. The summed E-state index contributed by atoms with van der Waals surface area (Å²) in [4.78, 5) is 14.3. The SMILES string of the molecule is CC1(C(=O)N2CCSCC2S(C)(=O)=O)CCCCN1. The van der Waals surface area contributed by atoms with Crippen LogP contribution < -0.4 is 5.32 Å². The number of carbonyl (C=O) groups excluding carboxylic acids is 1. The summed E-state index contributed by atoms with van der Waals surface area (Å²) in [5.74, 6) is 1.25. The second kappa shape index (κ2) is 5.61. The summed E-state index contributed by atoms with van der Waals surface area (Å²) in [7, 11) is -3.23. The topological polar surface area (TPSA) is 66.5 Å². The van der Waals surface area contributed by atoms with Gasteiger partial charge in [0.2, 0.25) is 5.91 Å². The minimum absolute atomic E-state index is 0.0528. The fourth-order valence-corrected chi connectivity index (χ4v) is 5.54. The van der Waals surface area contributed by atoms with Crippen LogP contribution in [-0.2, 0) is 14.6 Å². The molecule has 2 fully saturated rings. The van der Waals surface area contributed by atoms with E-state index in [0.717, 1.165) is 31.6 Å². The molecule has 0 aliphatic carbocycles. The molecular weight excluding hydrogens is 284 g/mol. The van der Waals surface area contributed by atoms with Gasteiger partial charge in [-0.05, 0) is 32.7 Å². The molecule has 19 heavy (non-hydrogen) atoms. The molecule has 0 aromatic heterocycles. The van der Waals surface area contributed by atoms with Gasteiger partial charge in [-0.15, -0.1) is 0 Å². The molecule has 5 nitrogen and oxygen atoms in total. The van der Waals surface area contributed by atoms with Crippen molar-refractivity contribution < 1.29 is 13.2 Å². The van der Waals surface area contributed by atoms with Crippen LogP contribution in [-0.4, -0.2) is 61.0 Å². The van der Waals surface area contributed by atoms with Crippen molar-refractivity contribution in [3.63, 3.8) is 0 Å². The van der Waals surface area contributed by atoms with Crippen LogP contribution in [0.25, 0.3) is 0 Å². The molecule has 2 rings (SSSR count). The quantitative estimate of drug-likeness (QED) is 0.803. The van der Waals surface area contributed by atoms with Crippen molar-refractivity contribution in [1.29, 1.82) is 0 Å². The minimum Gasteiger partial charge on any atom is -0.322 e. The van der Waals surface area contributed by atoms with Crippen molar-refractivity contribution in [1.82, 2.24) is 10.2 Å². The average molecular weight is 306 g/mol. The van der Waals surface area contributed by atoms with Gasteiger partial charge in [0.1, 0.15) is 5.37 Å². The van der Waals surface area contributed by atoms with E-state index in [1.165, 1.54) is 6.26 Å². The van der Waals surface area contributed by atoms with Gasteiger partial charge in [0.25, 0.3) is 0 Å². The molecule has 2 aliphatic heterocycles. The molecule has 0 saturated carbocycles. The largest absolute Gasteiger partial charge is 0.322 e. The summed E-state index contributed by atoms with van der Waals surface area (Å²) in [5.41, 5.74) is -0.594. The second-order valence-electron chi connectivity index (χ2n) is 5.57. The van der Waals surface area contributed by atoms with Gasteiger partial charge in [0, 0.05) is 24.3 Å². The molecule has 2 unspecified atom stereocenters. The van der Waals surface area contributed by atoms with E-state index < -0.39 is 20.8 Å². The summed E-state index contributed by atoms with van der Waals surface area (Å²) in [5, 5.41) is 2.60. The Hall–Kier alpha value is -0.270. The number of amides is 1. The van der Waals surface area contributed by atoms with Gasteiger partial charge >= 0.3 is 0 Å². The van der Waals surface area contributed by atoms with Gasteiger partial charge in [-0.25, -0.2) is 8.42 Å². The maximum Gasteiger partial charge on any atom is 0.243 e. The minimum atomic E-state index is -3.23. The highest BCUT2D eigenvalue weighted by molar-refractivity contribution is 8.00. The lowest BCUT2D eigenvalue weighted by Gasteiger charge is -2.42. The highest BCUT2D eigenvalue weighted by Crippen LogP contribution is 2.27. The van der Waals surface area contributed by atoms with Crippen LogP contribution in [0.15, 0.2) is 0 Å². The molecule has 2 aliphatic rings. The fourth-order valence-electron chi connectivity index (χ4n) is 2.72. The zero-order valence-corrected chi connectivity index (χ0v) is 13.1. The first-order chi connectivity index (χ1) is 8.84. The van der Waals surface area contributed by atoms with E-state index in [4.69, 9.17) is 0 Å². The highest BCUT2D eigenvalue weighted by atomic mass is 32.2. The van der Waals surface area contributed by atoms with Crippen LogP contribution in [0.3, 0.4) is 0 Å². The first kappa shape index (κ1) is 15.1. The normalized spacial score (nSPS) is 33.2. The van der Waals surface area contributed by atoms with E-state index in [1.807, 2.05) is 6.92 Å². The summed E-state index contributed by atoms with van der Waals surface area (Å²) in [6, 6.07) is 0. The Labute approximate surface area is 119 Å². The average Bonchev–Trinajstić information content (AvgIpc) is 2.38. The van der Waals surface area contributed by atoms with Gasteiger partial charge in [-0.2, -0.15) is 11.8 Å². The lowest BCUT2D eigenvalue weighted by Crippen LogP contribution is -2.62. The zero-order valence-electron chi connectivity index (χ0n) is 11.5. The number of nitrogens with one attached hydrogen (secondary N) is 1. The summed E-state index contributed by atoms with van der Waals surface area (Å²) < 4.78 is 23.7. The van der Waals surface area contributed by atoms with Gasteiger partial charge < -0.3 is 10.2 Å². The number of hydrogen-bond acceptors (Lipinski definition) is 5. The van der Waals surface area contributed by atoms with Crippen molar-refractivity contribution >= 4 is 27.5 Å². The Bertz CT molecular complexity index is 444. The molecule has 7 heteroatoms. The Balaban J connectivity index is 2.20. The molecule has 0 spiro atoms. The van der Waals surface area contributed by atoms with E-state index in [9.17, 15) is 13.2 Å². The third-order valence-corrected chi connectivity index (χ3v) is 6.57. The lowest BCUT2D eigenvalue weighted by atomic mass is 9.89. The Morgan fingerprint density at radius 2 is 2.16 bits per heavy atom. The second-order valence-corrected chi connectivity index (χ2v) is 8.93. The monoisotopic (exact) mass is 306 g/mol. The van der Waals surface area contributed by atoms with Crippen LogP contribution >= 0.6 is 11.8 Å². The number of nitrogens with zero attached hydrogens (tertiary/aromatic N) is 1. The van der Waals surface area contributed by atoms with Crippen LogP contribution in [0.4, 0.5) is 0 Å². The van der Waals surface area contributed by atoms with Crippen molar-refractivity contribution in [3.05, 3.63) is 0 Å². The van der Waals surface area contributed by atoms with Crippen molar-refractivity contribution in [2.45, 2.75) is 37.1 Å². The number of thioether (sulfide) groups is 1. The van der Waals surface area contributed by atoms with Crippen molar-refractivity contribution in [2.24, 2.45) is 0 Å². The molecule has 0 radical (unpaired) electrons. The molecule has 110 valence electrons. The number of carbonyl (C=O) groups is 1. The molecule has 1 N–H and O–H groups in total. The van der Waals surface area contributed by atoms with Crippen LogP contribution in [0.5, 0.6) is 0 Å². The van der Waals surface area contributed by atoms with E-state index in [-0.39, 0.29) is 5.91 Å². The molecule has 0 aromatic carbocycles. The Morgan fingerprint density at radius 3 is 2.74 bits per heavy atom. The molecule has 0 aromatic rings. The van der Waals surface area contributed by atoms with Gasteiger partial charge in [0.15, 0.2) is 9.84 Å². The third-order valence-electron chi connectivity index (χ3n) is 3.93. The zero-order chi connectivity index (χ0) is 14.1. The standard InChI is InChI=1S/C12H22N2O3S2/c1-12(5-3-4-6-13-12)11(15)14-7-8-18-9-10(14)19(2,16)17/h10,13H,3-9H2,1-2H3. The fraction of sp³-hybridized carbons (Fsp3) is 0.917. The lowest BCUT2D eigenvalue weighted by molar-refractivity contribution is -0.139. The van der Waals surface area contributed by atoms with E-state index in [0.29, 0.717) is 12.3 Å². The first-order valence-corrected chi connectivity index (χ1v) is 9.78. The molecule has 1 amide bonds. The van der Waals surface area contributed by atoms with E-state index in [1.54, 1.807) is 16.7 Å². The number of hydrogen-bond donors (Lipinski definition) is 1. The third kappa shape index (κ3) is 3.25. The predicted molar refractivity (Wildman–Crippen MR) is 77.9 cm³/mol. The Kier molecular flexibility index (Phi) is 4.47. The summed E-state index contributed by atoms with van der Waals surface area (Å²) in [6.45, 7) is 3.25. The summed E-state index contributed by atoms with van der Waals surface area (Å²) >= 11 is 1.60. The Morgan fingerprint density at radius 1 is 1.42 bits per heavy atom. The number of rotatable bonds is 2. The summed E-state index contributed by atoms with van der Waals surface area (Å²) in [6.07, 6.45) is 4.10. The van der Waals surface area contributed by atoms with E-state index >= 15 is 0 Å². The van der Waals surface area contributed by atoms with Crippen molar-refractivity contribution in [2.75, 3.05) is 30.9 Å². The van der Waals surface area contributed by atoms with Crippen LogP contribution in [0, 0.1) is 0 Å². The molecule has 2 heterocycles. The number of sulfone groups is 1. The van der Waals surface area contributed by atoms with Crippen LogP contribution in [0.1, 0.15) is 26.2 Å². The molecule has 2 atom stereocenters. The van der Waals surface area contributed by atoms with Gasteiger partial charge in [-0.1, -0.05) is 0 Å². The van der Waals surface area contributed by atoms with Gasteiger partial charge in [-0.3, -0.25) is 4.79 Å². The molecular formula is C12H22N2O3S2. The maximum absolute atomic E-state index is 12.7. The predicted octanol–water partition coefficient (Wildman–Crippen LogP) is 0.465. The molecule has 0 bridgehead atoms. The molecule has 2 saturated heterocycles. The highest BCUT2D eigenvalue weighted by Gasteiger charge is 2.43. The van der Waals surface area contributed by atoms with Crippen LogP contribution in [0.2, 0.25) is 0 Å². The number of piperidine rings is 1. The van der Waals surface area contributed by atoms with Crippen molar-refractivity contribution in [3.8, 4) is 0 Å².